The Hall–Kier alpha value is -3.26. The second kappa shape index (κ2) is 8.40. The van der Waals surface area contributed by atoms with E-state index >= 15 is 0 Å². The van der Waals surface area contributed by atoms with Crippen molar-refractivity contribution in [3.63, 3.8) is 0 Å². The largest absolute Gasteiger partial charge is 0.378 e. The highest BCUT2D eigenvalue weighted by molar-refractivity contribution is 6.04. The Kier molecular flexibility index (Phi) is 5.53. The summed E-state index contributed by atoms with van der Waals surface area (Å²) < 4.78 is 7.13. The topological polar surface area (TPSA) is 85.2 Å². The minimum Gasteiger partial charge on any atom is -0.378 e. The predicted molar refractivity (Wildman–Crippen MR) is 110 cm³/mol. The molecule has 150 valence electrons. The molecule has 1 fully saturated rings. The molecular formula is C21H24N6O2. The van der Waals surface area contributed by atoms with E-state index in [4.69, 9.17) is 4.74 Å². The van der Waals surface area contributed by atoms with Crippen LogP contribution >= 0.6 is 0 Å². The van der Waals surface area contributed by atoms with Gasteiger partial charge in [0.1, 0.15) is 0 Å². The number of benzene rings is 1. The van der Waals surface area contributed by atoms with Crippen LogP contribution in [0.25, 0.3) is 0 Å². The first-order valence-electron chi connectivity index (χ1n) is 9.65. The maximum atomic E-state index is 12.8. The number of hydrogen-bond acceptors (Lipinski definition) is 6. The summed E-state index contributed by atoms with van der Waals surface area (Å²) in [5.41, 5.74) is 5.02. The van der Waals surface area contributed by atoms with E-state index in [0.29, 0.717) is 12.2 Å². The van der Waals surface area contributed by atoms with Gasteiger partial charge in [0.2, 0.25) is 0 Å². The van der Waals surface area contributed by atoms with Crippen molar-refractivity contribution in [1.82, 2.24) is 20.0 Å². The average Bonchev–Trinajstić information content (AvgIpc) is 3.11. The molecule has 0 aliphatic carbocycles. The lowest BCUT2D eigenvalue weighted by molar-refractivity contribution is 0.102. The molecule has 0 radical (unpaired) electrons. The summed E-state index contributed by atoms with van der Waals surface area (Å²) in [6, 6.07) is 9.89. The van der Waals surface area contributed by atoms with Crippen LogP contribution in [0.2, 0.25) is 0 Å². The fraction of sp³-hybridized carbons (Fsp3) is 0.333. The van der Waals surface area contributed by atoms with Crippen molar-refractivity contribution in [3.05, 3.63) is 65.2 Å². The number of aryl methyl sites for hydroxylation is 1. The number of ether oxygens (including phenoxy) is 1. The van der Waals surface area contributed by atoms with Crippen molar-refractivity contribution in [2.75, 3.05) is 36.5 Å². The molecule has 0 spiro atoms. The van der Waals surface area contributed by atoms with Gasteiger partial charge in [0.25, 0.3) is 5.91 Å². The number of rotatable bonds is 5. The normalized spacial score (nSPS) is 14.1. The molecule has 1 amide bonds. The van der Waals surface area contributed by atoms with E-state index in [1.807, 2.05) is 38.1 Å². The van der Waals surface area contributed by atoms with Crippen molar-refractivity contribution < 1.29 is 9.53 Å². The van der Waals surface area contributed by atoms with Gasteiger partial charge in [-0.05, 0) is 55.3 Å². The van der Waals surface area contributed by atoms with E-state index in [1.54, 1.807) is 17.1 Å². The first-order chi connectivity index (χ1) is 14.1. The minimum absolute atomic E-state index is 0.259. The van der Waals surface area contributed by atoms with E-state index in [2.05, 4.69) is 31.6 Å². The first kappa shape index (κ1) is 19.1. The van der Waals surface area contributed by atoms with Crippen molar-refractivity contribution >= 4 is 17.3 Å². The number of aromatic nitrogens is 4. The highest BCUT2D eigenvalue weighted by Gasteiger charge is 2.18. The fourth-order valence-electron chi connectivity index (χ4n) is 3.37. The van der Waals surface area contributed by atoms with Gasteiger partial charge in [-0.2, -0.15) is 0 Å². The van der Waals surface area contributed by atoms with E-state index in [-0.39, 0.29) is 5.91 Å². The Morgan fingerprint density at radius 3 is 2.62 bits per heavy atom. The molecule has 0 bridgehead atoms. The maximum Gasteiger partial charge on any atom is 0.278 e. The summed E-state index contributed by atoms with van der Waals surface area (Å²) in [5, 5.41) is 11.2. The quantitative estimate of drug-likeness (QED) is 0.718. The predicted octanol–water partition coefficient (Wildman–Crippen LogP) is 2.43. The van der Waals surface area contributed by atoms with E-state index in [9.17, 15) is 4.79 Å². The SMILES string of the molecule is Cc1cc(N2CCOCC2)ccc1NC(=O)c1nnn(Cc2ccncc2)c1C. The molecule has 29 heavy (non-hydrogen) atoms. The van der Waals surface area contributed by atoms with Crippen LogP contribution in [-0.4, -0.2) is 52.2 Å². The Bertz CT molecular complexity index is 996. The van der Waals surface area contributed by atoms with Gasteiger partial charge in [0.15, 0.2) is 5.69 Å². The molecule has 0 atom stereocenters. The minimum atomic E-state index is -0.259. The molecule has 1 aromatic carbocycles. The Labute approximate surface area is 169 Å². The highest BCUT2D eigenvalue weighted by Crippen LogP contribution is 2.24. The first-order valence-corrected chi connectivity index (χ1v) is 9.65. The van der Waals surface area contributed by atoms with Gasteiger partial charge in [0, 0.05) is 36.9 Å². The summed E-state index contributed by atoms with van der Waals surface area (Å²) in [6.45, 7) is 7.63. The van der Waals surface area contributed by atoms with Crippen molar-refractivity contribution in [2.45, 2.75) is 20.4 Å². The number of nitrogens with one attached hydrogen (secondary N) is 1. The number of carbonyl (C=O) groups excluding carboxylic acids is 1. The van der Waals surface area contributed by atoms with Gasteiger partial charge in [0.05, 0.1) is 25.5 Å². The molecule has 4 rings (SSSR count). The molecule has 8 heteroatoms. The van der Waals surface area contributed by atoms with Crippen LogP contribution in [0.4, 0.5) is 11.4 Å². The third-order valence-corrected chi connectivity index (χ3v) is 5.11. The van der Waals surface area contributed by atoms with E-state index in [1.165, 1.54) is 0 Å². The van der Waals surface area contributed by atoms with Gasteiger partial charge in [-0.15, -0.1) is 5.10 Å². The Morgan fingerprint density at radius 1 is 1.14 bits per heavy atom. The lowest BCUT2D eigenvalue weighted by Gasteiger charge is -2.29. The van der Waals surface area contributed by atoms with Crippen LogP contribution in [0.5, 0.6) is 0 Å². The number of carbonyl (C=O) groups is 1. The number of morpholine rings is 1. The smallest absolute Gasteiger partial charge is 0.278 e. The number of hydrogen-bond donors (Lipinski definition) is 1. The summed E-state index contributed by atoms with van der Waals surface area (Å²) in [4.78, 5) is 19.1. The number of nitrogens with zero attached hydrogens (tertiary/aromatic N) is 5. The molecule has 0 unspecified atom stereocenters. The van der Waals surface area contributed by atoms with E-state index in [0.717, 1.165) is 54.5 Å². The van der Waals surface area contributed by atoms with Gasteiger partial charge < -0.3 is 15.0 Å². The monoisotopic (exact) mass is 392 g/mol. The molecule has 0 saturated carbocycles. The zero-order valence-corrected chi connectivity index (χ0v) is 16.6. The molecule has 3 heterocycles. The third kappa shape index (κ3) is 4.27. The maximum absolute atomic E-state index is 12.8. The van der Waals surface area contributed by atoms with Crippen LogP contribution in [0.3, 0.4) is 0 Å². The van der Waals surface area contributed by atoms with Crippen molar-refractivity contribution in [3.8, 4) is 0 Å². The van der Waals surface area contributed by atoms with Gasteiger partial charge >= 0.3 is 0 Å². The summed E-state index contributed by atoms with van der Waals surface area (Å²) in [7, 11) is 0. The summed E-state index contributed by atoms with van der Waals surface area (Å²) in [6.07, 6.45) is 3.47. The number of amides is 1. The Morgan fingerprint density at radius 2 is 1.90 bits per heavy atom. The summed E-state index contributed by atoms with van der Waals surface area (Å²) in [5.74, 6) is -0.259. The molecule has 1 aliphatic heterocycles. The van der Waals surface area contributed by atoms with Crippen LogP contribution in [0.1, 0.15) is 27.3 Å². The molecule has 8 nitrogen and oxygen atoms in total. The lowest BCUT2D eigenvalue weighted by Crippen LogP contribution is -2.36. The average molecular weight is 392 g/mol. The van der Waals surface area contributed by atoms with E-state index < -0.39 is 0 Å². The van der Waals surface area contributed by atoms with Crippen molar-refractivity contribution in [1.29, 1.82) is 0 Å². The molecule has 1 saturated heterocycles. The molecule has 2 aromatic heterocycles. The molecule has 1 aliphatic rings. The second-order valence-electron chi connectivity index (χ2n) is 7.09. The molecular weight excluding hydrogens is 368 g/mol. The fourth-order valence-corrected chi connectivity index (χ4v) is 3.37. The lowest BCUT2D eigenvalue weighted by atomic mass is 10.1. The zero-order valence-electron chi connectivity index (χ0n) is 16.6. The standard InChI is InChI=1S/C21H24N6O2/c1-15-13-18(26-9-11-29-12-10-26)3-4-19(15)23-21(28)20-16(2)27(25-24-20)14-17-5-7-22-8-6-17/h3-8,13H,9-12,14H2,1-2H3,(H,23,28). The third-order valence-electron chi connectivity index (χ3n) is 5.11. The summed E-state index contributed by atoms with van der Waals surface area (Å²) >= 11 is 0. The number of anilines is 2. The van der Waals surface area contributed by atoms with Crippen LogP contribution < -0.4 is 10.2 Å². The zero-order chi connectivity index (χ0) is 20.2. The van der Waals surface area contributed by atoms with Gasteiger partial charge in [-0.1, -0.05) is 5.21 Å². The van der Waals surface area contributed by atoms with Crippen LogP contribution in [0, 0.1) is 13.8 Å². The molecule has 3 aromatic rings. The van der Waals surface area contributed by atoms with Gasteiger partial charge in [-0.3, -0.25) is 9.78 Å². The Balaban J connectivity index is 1.46. The van der Waals surface area contributed by atoms with Crippen molar-refractivity contribution in [2.24, 2.45) is 0 Å². The van der Waals surface area contributed by atoms with Crippen LogP contribution in [-0.2, 0) is 11.3 Å². The second-order valence-corrected chi connectivity index (χ2v) is 7.09. The number of pyridine rings is 1. The van der Waals surface area contributed by atoms with Gasteiger partial charge in [-0.25, -0.2) is 4.68 Å². The molecule has 1 N–H and O–H groups in total. The highest BCUT2D eigenvalue weighted by atomic mass is 16.5. The van der Waals surface area contributed by atoms with Crippen LogP contribution in [0.15, 0.2) is 42.7 Å².